The fourth-order valence-corrected chi connectivity index (χ4v) is 3.35. The van der Waals surface area contributed by atoms with E-state index in [-0.39, 0.29) is 37.5 Å². The summed E-state index contributed by atoms with van der Waals surface area (Å²) in [5.41, 5.74) is 1.42. The van der Waals surface area contributed by atoms with Crippen molar-refractivity contribution in [3.05, 3.63) is 50.3 Å². The summed E-state index contributed by atoms with van der Waals surface area (Å²) in [7, 11) is 3.88. The number of amides is 1. The smallest absolute Gasteiger partial charge is 0.294 e. The first kappa shape index (κ1) is 25.1. The van der Waals surface area contributed by atoms with E-state index in [4.69, 9.17) is 4.74 Å². The summed E-state index contributed by atoms with van der Waals surface area (Å²) in [5, 5.41) is 23.2. The number of carbonyl (C=O) groups excluding carboxylic acids is 1. The number of aryl methyl sites for hydroxylation is 1. The Morgan fingerprint density at radius 3 is 2.81 bits per heavy atom. The molecule has 0 saturated heterocycles. The highest BCUT2D eigenvalue weighted by molar-refractivity contribution is 5.85. The Balaban J connectivity index is 1.78. The molecule has 0 aliphatic heterocycles. The number of aromatic amines is 1. The van der Waals surface area contributed by atoms with Gasteiger partial charge in [-0.05, 0) is 37.1 Å². The van der Waals surface area contributed by atoms with Crippen molar-refractivity contribution in [1.82, 2.24) is 10.3 Å². The number of fused-ring (bicyclic) bond motifs is 1. The van der Waals surface area contributed by atoms with Crippen LogP contribution in [0.3, 0.4) is 0 Å². The third-order valence-electron chi connectivity index (χ3n) is 4.87. The van der Waals surface area contributed by atoms with Crippen molar-refractivity contribution in [3.63, 3.8) is 0 Å². The van der Waals surface area contributed by atoms with Gasteiger partial charge in [0.25, 0.3) is 5.09 Å². The van der Waals surface area contributed by atoms with Crippen molar-refractivity contribution in [1.29, 1.82) is 0 Å². The summed E-state index contributed by atoms with van der Waals surface area (Å²) in [6.45, 7) is 3.28. The Morgan fingerprint density at radius 1 is 1.34 bits per heavy atom. The summed E-state index contributed by atoms with van der Waals surface area (Å²) in [5.74, 6) is 0.388. The van der Waals surface area contributed by atoms with Crippen LogP contribution in [0.5, 0.6) is 5.75 Å². The molecular formula is C21H31N4O7+. The lowest BCUT2D eigenvalue weighted by molar-refractivity contribution is -0.892. The highest BCUT2D eigenvalue weighted by Gasteiger charge is 2.21. The average Bonchev–Trinajstić information content (AvgIpc) is 2.68. The van der Waals surface area contributed by atoms with E-state index in [1.807, 2.05) is 33.2 Å². The number of nitrogens with one attached hydrogen (secondary N) is 2. The number of aromatic nitrogens is 1. The van der Waals surface area contributed by atoms with Crippen LogP contribution in [-0.2, 0) is 9.63 Å². The molecule has 1 aromatic carbocycles. The summed E-state index contributed by atoms with van der Waals surface area (Å²) in [6.07, 6.45) is -0.325. The van der Waals surface area contributed by atoms with E-state index in [1.165, 1.54) is 6.07 Å². The third-order valence-corrected chi connectivity index (χ3v) is 4.87. The predicted molar refractivity (Wildman–Crippen MR) is 118 cm³/mol. The Bertz CT molecular complexity index is 990. The number of ether oxygens (including phenoxy) is 1. The van der Waals surface area contributed by atoms with Gasteiger partial charge in [0.15, 0.2) is 0 Å². The number of quaternary nitrogens is 1. The topological polar surface area (TPSA) is 144 Å². The monoisotopic (exact) mass is 451 g/mol. The van der Waals surface area contributed by atoms with Gasteiger partial charge in [-0.3, -0.25) is 9.59 Å². The van der Waals surface area contributed by atoms with E-state index in [9.17, 15) is 24.8 Å². The molecule has 1 atom stereocenters. The lowest BCUT2D eigenvalue weighted by Gasteiger charge is -2.32. The minimum Gasteiger partial charge on any atom is -0.490 e. The molecule has 2 aromatic rings. The normalized spacial score (nSPS) is 12.4. The maximum Gasteiger partial charge on any atom is 0.294 e. The van der Waals surface area contributed by atoms with Gasteiger partial charge in [-0.25, -0.2) is 0 Å². The van der Waals surface area contributed by atoms with Crippen molar-refractivity contribution in [2.75, 3.05) is 46.9 Å². The zero-order chi connectivity index (χ0) is 23.7. The molecule has 1 amide bonds. The molecule has 0 spiro atoms. The highest BCUT2D eigenvalue weighted by Crippen LogP contribution is 2.25. The second-order valence-electron chi connectivity index (χ2n) is 8.36. The number of carbonyl (C=O) groups is 1. The standard InChI is InChI=1S/C21H30N4O7/c1-15-11-18-17(6-7-21(28)23-18)19(12-15)31-14-16(26)13-25(2,3)9-8-22-20(27)5-4-10-32-24(29)30/h6-7,11-12,16,26H,4-5,8-10,13-14H2,1-3H3,(H-,22,23,27,28)/p+1. The van der Waals surface area contributed by atoms with Gasteiger partial charge in [-0.1, -0.05) is 0 Å². The largest absolute Gasteiger partial charge is 0.490 e. The van der Waals surface area contributed by atoms with Crippen LogP contribution >= 0.6 is 0 Å². The lowest BCUT2D eigenvalue weighted by atomic mass is 10.1. The Labute approximate surface area is 185 Å². The molecular weight excluding hydrogens is 420 g/mol. The van der Waals surface area contributed by atoms with Gasteiger partial charge in [0, 0.05) is 17.9 Å². The Hall–Kier alpha value is -3.18. The molecule has 3 N–H and O–H groups in total. The van der Waals surface area contributed by atoms with E-state index in [1.54, 1.807) is 6.07 Å². The molecule has 0 bridgehead atoms. The second-order valence-corrected chi connectivity index (χ2v) is 8.36. The lowest BCUT2D eigenvalue weighted by Crippen LogP contribution is -2.50. The van der Waals surface area contributed by atoms with Crippen LogP contribution in [0.15, 0.2) is 29.1 Å². The number of aliphatic hydroxyl groups excluding tert-OH is 1. The van der Waals surface area contributed by atoms with Crippen LogP contribution in [0.2, 0.25) is 0 Å². The molecule has 11 heteroatoms. The molecule has 1 unspecified atom stereocenters. The fourth-order valence-electron chi connectivity index (χ4n) is 3.35. The fraction of sp³-hybridized carbons (Fsp3) is 0.524. The minimum atomic E-state index is -0.880. The first-order valence-corrected chi connectivity index (χ1v) is 10.4. The van der Waals surface area contributed by atoms with Crippen molar-refractivity contribution < 1.29 is 29.0 Å². The maximum atomic E-state index is 11.8. The summed E-state index contributed by atoms with van der Waals surface area (Å²) < 4.78 is 6.31. The van der Waals surface area contributed by atoms with Crippen molar-refractivity contribution >= 4 is 16.8 Å². The Kier molecular flexibility index (Phi) is 8.97. The first-order valence-electron chi connectivity index (χ1n) is 10.4. The number of aliphatic hydroxyl groups is 1. The molecule has 32 heavy (non-hydrogen) atoms. The van der Waals surface area contributed by atoms with E-state index in [2.05, 4.69) is 15.1 Å². The first-order chi connectivity index (χ1) is 15.1. The highest BCUT2D eigenvalue weighted by atomic mass is 16.9. The van der Waals surface area contributed by atoms with Gasteiger partial charge in [-0.15, -0.1) is 10.1 Å². The zero-order valence-corrected chi connectivity index (χ0v) is 18.6. The van der Waals surface area contributed by atoms with Crippen LogP contribution in [-0.4, -0.2) is 78.6 Å². The summed E-state index contributed by atoms with van der Waals surface area (Å²) in [6, 6.07) is 6.86. The molecule has 1 aromatic heterocycles. The number of nitrogens with zero attached hydrogens (tertiary/aromatic N) is 2. The van der Waals surface area contributed by atoms with E-state index in [0.29, 0.717) is 35.4 Å². The SMILES string of the molecule is Cc1cc(OCC(O)C[N+](C)(C)CCNC(=O)CCCO[N+](=O)[O-])c2ccc(=O)[nH]c2c1. The number of pyridine rings is 1. The van der Waals surface area contributed by atoms with Gasteiger partial charge in [-0.2, -0.15) is 0 Å². The van der Waals surface area contributed by atoms with Crippen LogP contribution in [0.1, 0.15) is 18.4 Å². The molecule has 1 heterocycles. The molecule has 11 nitrogen and oxygen atoms in total. The number of likely N-dealkylation sites (N-methyl/N-ethyl adjacent to an activating group) is 1. The van der Waals surface area contributed by atoms with Gasteiger partial charge in [0.05, 0.1) is 39.3 Å². The van der Waals surface area contributed by atoms with Crippen molar-refractivity contribution in [3.8, 4) is 5.75 Å². The zero-order valence-electron chi connectivity index (χ0n) is 18.6. The number of benzene rings is 1. The van der Waals surface area contributed by atoms with Crippen molar-refractivity contribution in [2.24, 2.45) is 0 Å². The quantitative estimate of drug-likeness (QED) is 0.176. The number of H-pyrrole nitrogens is 1. The second kappa shape index (κ2) is 11.4. The van der Waals surface area contributed by atoms with Gasteiger partial charge < -0.3 is 29.5 Å². The van der Waals surface area contributed by atoms with Crippen LogP contribution in [0.25, 0.3) is 10.9 Å². The molecule has 0 aliphatic rings. The number of hydrogen-bond donors (Lipinski definition) is 3. The molecule has 0 saturated carbocycles. The van der Waals surface area contributed by atoms with Crippen LogP contribution < -0.4 is 15.6 Å². The molecule has 2 rings (SSSR count). The van der Waals surface area contributed by atoms with Gasteiger partial charge in [0.1, 0.15) is 25.0 Å². The van der Waals surface area contributed by atoms with E-state index >= 15 is 0 Å². The molecule has 176 valence electrons. The predicted octanol–water partition coefficient (Wildman–Crippen LogP) is 0.757. The van der Waals surface area contributed by atoms with Crippen LogP contribution in [0.4, 0.5) is 0 Å². The summed E-state index contributed by atoms with van der Waals surface area (Å²) in [4.78, 5) is 40.3. The number of rotatable bonds is 13. The van der Waals surface area contributed by atoms with Gasteiger partial charge in [0.2, 0.25) is 11.5 Å². The van der Waals surface area contributed by atoms with E-state index < -0.39 is 11.2 Å². The van der Waals surface area contributed by atoms with Crippen LogP contribution in [0, 0.1) is 17.0 Å². The summed E-state index contributed by atoms with van der Waals surface area (Å²) >= 11 is 0. The van der Waals surface area contributed by atoms with E-state index in [0.717, 1.165) is 10.9 Å². The minimum absolute atomic E-state index is 0.0855. The third kappa shape index (κ3) is 8.52. The van der Waals surface area contributed by atoms with Crippen molar-refractivity contribution in [2.45, 2.75) is 25.9 Å². The number of hydrogen-bond acceptors (Lipinski definition) is 7. The molecule has 0 fully saturated rings. The maximum absolute atomic E-state index is 11.8. The van der Waals surface area contributed by atoms with Gasteiger partial charge >= 0.3 is 0 Å². The molecule has 0 radical (unpaired) electrons. The Morgan fingerprint density at radius 2 is 2.09 bits per heavy atom. The molecule has 0 aliphatic carbocycles. The average molecular weight is 452 g/mol.